The molecule has 0 saturated heterocycles. The highest BCUT2D eigenvalue weighted by Crippen LogP contribution is 2.36. The molecular formula is C27H37N3O6S. The van der Waals surface area contributed by atoms with Crippen LogP contribution >= 0.6 is 0 Å². The van der Waals surface area contributed by atoms with Crippen LogP contribution in [0.25, 0.3) is 0 Å². The fourth-order valence-corrected chi connectivity index (χ4v) is 5.29. The molecule has 37 heavy (non-hydrogen) atoms. The number of anilines is 1. The summed E-state index contributed by atoms with van der Waals surface area (Å²) in [6, 6.07) is 12.2. The van der Waals surface area contributed by atoms with E-state index < -0.39 is 16.1 Å². The van der Waals surface area contributed by atoms with Crippen molar-refractivity contribution < 1.29 is 27.5 Å². The van der Waals surface area contributed by atoms with Crippen LogP contribution in [0.3, 0.4) is 0 Å². The second-order valence-corrected chi connectivity index (χ2v) is 11.1. The zero-order valence-corrected chi connectivity index (χ0v) is 22.8. The molecule has 0 aromatic heterocycles. The minimum atomic E-state index is -3.60. The van der Waals surface area contributed by atoms with E-state index in [4.69, 9.17) is 9.47 Å². The summed E-state index contributed by atoms with van der Waals surface area (Å²) in [6.07, 6.45) is 2.79. The number of carbonyl (C=O) groups is 2. The van der Waals surface area contributed by atoms with Gasteiger partial charge in [-0.15, -0.1) is 0 Å². The van der Waals surface area contributed by atoms with Crippen molar-refractivity contribution in [1.82, 2.24) is 10.2 Å². The molecule has 0 unspecified atom stereocenters. The number of sulfonamides is 1. The lowest BCUT2D eigenvalue weighted by molar-refractivity contribution is -0.141. The summed E-state index contributed by atoms with van der Waals surface area (Å²) in [5.74, 6) is 0.671. The minimum absolute atomic E-state index is 0.0906. The molecular weight excluding hydrogens is 494 g/mol. The molecule has 1 heterocycles. The molecule has 0 spiro atoms. The van der Waals surface area contributed by atoms with E-state index in [-0.39, 0.29) is 38.0 Å². The lowest BCUT2D eigenvalue weighted by Crippen LogP contribution is -2.49. The van der Waals surface area contributed by atoms with Gasteiger partial charge in [-0.3, -0.25) is 13.9 Å². The third-order valence-corrected chi connectivity index (χ3v) is 7.36. The largest absolute Gasteiger partial charge is 0.454 e. The predicted octanol–water partition coefficient (Wildman–Crippen LogP) is 3.60. The molecule has 0 saturated carbocycles. The number of fused-ring (bicyclic) bond motifs is 1. The van der Waals surface area contributed by atoms with Gasteiger partial charge >= 0.3 is 0 Å². The van der Waals surface area contributed by atoms with Crippen molar-refractivity contribution in [2.45, 2.75) is 59.0 Å². The molecule has 0 radical (unpaired) electrons. The Morgan fingerprint density at radius 2 is 1.84 bits per heavy atom. The van der Waals surface area contributed by atoms with E-state index in [0.29, 0.717) is 36.7 Å². The van der Waals surface area contributed by atoms with Crippen LogP contribution in [0.4, 0.5) is 5.69 Å². The van der Waals surface area contributed by atoms with Gasteiger partial charge in [0.25, 0.3) is 0 Å². The van der Waals surface area contributed by atoms with Gasteiger partial charge in [-0.05, 0) is 43.9 Å². The van der Waals surface area contributed by atoms with Gasteiger partial charge in [0.1, 0.15) is 6.04 Å². The van der Waals surface area contributed by atoms with Crippen LogP contribution < -0.4 is 19.1 Å². The molecule has 202 valence electrons. The van der Waals surface area contributed by atoms with Crippen molar-refractivity contribution in [3.05, 3.63) is 53.6 Å². The summed E-state index contributed by atoms with van der Waals surface area (Å²) in [4.78, 5) is 28.0. The Bertz CT molecular complexity index is 1200. The summed E-state index contributed by atoms with van der Waals surface area (Å²) < 4.78 is 37.1. The van der Waals surface area contributed by atoms with Gasteiger partial charge in [0, 0.05) is 32.1 Å². The van der Waals surface area contributed by atoms with E-state index in [1.165, 1.54) is 4.31 Å². The fraction of sp³-hybridized carbons (Fsp3) is 0.481. The molecule has 2 amide bonds. The lowest BCUT2D eigenvalue weighted by atomic mass is 10.1. The molecule has 1 atom stereocenters. The minimum Gasteiger partial charge on any atom is -0.454 e. The average Bonchev–Trinajstić information content (AvgIpc) is 3.32. The SMILES string of the molecule is CCCNC(=O)[C@H](CC)N(Cc1cccc(C)c1)C(=O)CCCN(c1ccc2c(c1)OCO2)S(C)(=O)=O. The van der Waals surface area contributed by atoms with Gasteiger partial charge in [0.15, 0.2) is 11.5 Å². The van der Waals surface area contributed by atoms with Crippen LogP contribution in [0.1, 0.15) is 50.7 Å². The van der Waals surface area contributed by atoms with Gasteiger partial charge in [0.2, 0.25) is 28.6 Å². The predicted molar refractivity (Wildman–Crippen MR) is 143 cm³/mol. The highest BCUT2D eigenvalue weighted by Gasteiger charge is 2.29. The molecule has 0 fully saturated rings. The Morgan fingerprint density at radius 3 is 2.51 bits per heavy atom. The first kappa shape index (κ1) is 28.3. The van der Waals surface area contributed by atoms with Gasteiger partial charge in [-0.25, -0.2) is 8.42 Å². The lowest BCUT2D eigenvalue weighted by Gasteiger charge is -2.31. The van der Waals surface area contributed by atoms with Crippen LogP contribution in [0, 0.1) is 6.92 Å². The van der Waals surface area contributed by atoms with Crippen molar-refractivity contribution in [1.29, 1.82) is 0 Å². The van der Waals surface area contributed by atoms with Crippen molar-refractivity contribution in [3.8, 4) is 11.5 Å². The topological polar surface area (TPSA) is 105 Å². The van der Waals surface area contributed by atoms with Crippen molar-refractivity contribution >= 4 is 27.5 Å². The zero-order valence-electron chi connectivity index (χ0n) is 22.0. The number of benzene rings is 2. The van der Waals surface area contributed by atoms with Crippen LogP contribution in [0.5, 0.6) is 11.5 Å². The van der Waals surface area contributed by atoms with Gasteiger partial charge < -0.3 is 19.7 Å². The van der Waals surface area contributed by atoms with Crippen LogP contribution in [0.2, 0.25) is 0 Å². The Hall–Kier alpha value is -3.27. The number of rotatable bonds is 13. The molecule has 9 nitrogen and oxygen atoms in total. The second-order valence-electron chi connectivity index (χ2n) is 9.20. The Morgan fingerprint density at radius 1 is 1.08 bits per heavy atom. The molecule has 1 aliphatic heterocycles. The third-order valence-electron chi connectivity index (χ3n) is 6.17. The third kappa shape index (κ3) is 7.61. The summed E-state index contributed by atoms with van der Waals surface area (Å²) in [5, 5.41) is 2.91. The number of aryl methyl sites for hydroxylation is 1. The molecule has 0 aliphatic carbocycles. The van der Waals surface area contributed by atoms with Gasteiger partial charge in [0.05, 0.1) is 11.9 Å². The van der Waals surface area contributed by atoms with Gasteiger partial charge in [-0.1, -0.05) is 43.7 Å². The van der Waals surface area contributed by atoms with E-state index in [2.05, 4.69) is 5.32 Å². The molecule has 10 heteroatoms. The van der Waals surface area contributed by atoms with Crippen molar-refractivity contribution in [2.24, 2.45) is 0 Å². The fourth-order valence-electron chi connectivity index (χ4n) is 4.34. The summed E-state index contributed by atoms with van der Waals surface area (Å²) in [7, 11) is -3.60. The molecule has 2 aromatic rings. The zero-order chi connectivity index (χ0) is 27.0. The monoisotopic (exact) mass is 531 g/mol. The molecule has 1 N–H and O–H groups in total. The average molecular weight is 532 g/mol. The quantitative estimate of drug-likeness (QED) is 0.423. The van der Waals surface area contributed by atoms with Crippen molar-refractivity contribution in [2.75, 3.05) is 30.4 Å². The Labute approximate surface area is 219 Å². The molecule has 0 bridgehead atoms. The maximum atomic E-state index is 13.5. The maximum absolute atomic E-state index is 13.5. The molecule has 3 rings (SSSR count). The molecule has 2 aromatic carbocycles. The van der Waals surface area contributed by atoms with Crippen LogP contribution in [-0.4, -0.2) is 57.3 Å². The first-order valence-corrected chi connectivity index (χ1v) is 14.5. The number of nitrogens with one attached hydrogen (secondary N) is 1. The van der Waals surface area contributed by atoms with E-state index in [9.17, 15) is 18.0 Å². The van der Waals surface area contributed by atoms with Crippen LogP contribution in [0.15, 0.2) is 42.5 Å². The highest BCUT2D eigenvalue weighted by atomic mass is 32.2. The van der Waals surface area contributed by atoms with E-state index >= 15 is 0 Å². The normalized spacial score (nSPS) is 13.2. The Kier molecular flexibility index (Phi) is 9.79. The highest BCUT2D eigenvalue weighted by molar-refractivity contribution is 7.92. The first-order chi connectivity index (χ1) is 17.6. The number of hydrogen-bond acceptors (Lipinski definition) is 6. The van der Waals surface area contributed by atoms with E-state index in [1.807, 2.05) is 45.0 Å². The number of ether oxygens (including phenoxy) is 2. The molecule has 1 aliphatic rings. The summed E-state index contributed by atoms with van der Waals surface area (Å²) in [6.45, 7) is 6.89. The maximum Gasteiger partial charge on any atom is 0.242 e. The van der Waals surface area contributed by atoms with Crippen LogP contribution in [-0.2, 0) is 26.2 Å². The first-order valence-electron chi connectivity index (χ1n) is 12.6. The number of amides is 2. The summed E-state index contributed by atoms with van der Waals surface area (Å²) in [5.41, 5.74) is 2.45. The van der Waals surface area contributed by atoms with Crippen molar-refractivity contribution in [3.63, 3.8) is 0 Å². The number of nitrogens with zero attached hydrogens (tertiary/aromatic N) is 2. The van der Waals surface area contributed by atoms with E-state index in [1.54, 1.807) is 23.1 Å². The van der Waals surface area contributed by atoms with Gasteiger partial charge in [-0.2, -0.15) is 0 Å². The smallest absolute Gasteiger partial charge is 0.242 e. The Balaban J connectivity index is 1.75. The standard InChI is InChI=1S/C27H37N3O6S/c1-5-14-28-27(32)23(6-2)29(18-21-10-7-9-20(3)16-21)26(31)11-8-15-30(37(4,33)34)22-12-13-24-25(17-22)36-19-35-24/h7,9-10,12-13,16-17,23H,5-6,8,11,14-15,18-19H2,1-4H3,(H,28,32)/t23-/m0/s1. The number of hydrogen-bond donors (Lipinski definition) is 1. The second kappa shape index (κ2) is 12.8. The van der Waals surface area contributed by atoms with E-state index in [0.717, 1.165) is 23.8 Å². The number of carbonyl (C=O) groups excluding carboxylic acids is 2. The summed E-state index contributed by atoms with van der Waals surface area (Å²) >= 11 is 0.